The van der Waals surface area contributed by atoms with Crippen molar-refractivity contribution >= 4 is 22.7 Å². The van der Waals surface area contributed by atoms with E-state index in [9.17, 15) is 0 Å². The van der Waals surface area contributed by atoms with Crippen molar-refractivity contribution in [1.29, 1.82) is 0 Å². The summed E-state index contributed by atoms with van der Waals surface area (Å²) in [6.45, 7) is 2.24. The van der Waals surface area contributed by atoms with E-state index in [4.69, 9.17) is 0 Å². The molecule has 0 bridgehead atoms. The normalized spacial score (nSPS) is 10.6. The molecule has 2 rings (SSSR count). The van der Waals surface area contributed by atoms with E-state index in [1.807, 2.05) is 22.7 Å². The van der Waals surface area contributed by atoms with E-state index < -0.39 is 0 Å². The predicted octanol–water partition coefficient (Wildman–Crippen LogP) is 4.82. The van der Waals surface area contributed by atoms with Gasteiger partial charge in [-0.1, -0.05) is 19.4 Å². The molecule has 2 aromatic heterocycles. The molecule has 0 nitrogen and oxygen atoms in total. The fourth-order valence-electron chi connectivity index (χ4n) is 1.44. The van der Waals surface area contributed by atoms with Gasteiger partial charge in [0.2, 0.25) is 0 Å². The quantitative estimate of drug-likeness (QED) is 0.695. The van der Waals surface area contributed by atoms with Gasteiger partial charge < -0.3 is 0 Å². The first kappa shape index (κ1) is 9.94. The van der Waals surface area contributed by atoms with Crippen molar-refractivity contribution in [3.63, 3.8) is 0 Å². The van der Waals surface area contributed by atoms with Gasteiger partial charge in [-0.3, -0.25) is 0 Å². The average Bonchev–Trinajstić information content (AvgIpc) is 2.85. The fraction of sp³-hybridized carbons (Fsp3) is 0.333. The van der Waals surface area contributed by atoms with Gasteiger partial charge >= 0.3 is 0 Å². The zero-order chi connectivity index (χ0) is 9.80. The third-order valence-electron chi connectivity index (χ3n) is 2.24. The summed E-state index contributed by atoms with van der Waals surface area (Å²) in [6.07, 6.45) is 3.82. The summed E-state index contributed by atoms with van der Waals surface area (Å²) in [5.74, 6) is 0. The van der Waals surface area contributed by atoms with Gasteiger partial charge in [0.1, 0.15) is 0 Å². The van der Waals surface area contributed by atoms with Gasteiger partial charge in [0, 0.05) is 9.75 Å². The highest BCUT2D eigenvalue weighted by atomic mass is 32.1. The number of thiophene rings is 2. The van der Waals surface area contributed by atoms with Gasteiger partial charge in [-0.15, -0.1) is 22.7 Å². The van der Waals surface area contributed by atoms with Crippen LogP contribution in [-0.4, -0.2) is 0 Å². The lowest BCUT2D eigenvalue weighted by Gasteiger charge is -1.92. The lowest BCUT2D eigenvalue weighted by Crippen LogP contribution is -1.78. The lowest BCUT2D eigenvalue weighted by atomic mass is 10.1. The highest BCUT2D eigenvalue weighted by molar-refractivity contribution is 7.20. The average molecular weight is 222 g/mol. The Morgan fingerprint density at radius 2 is 2.14 bits per heavy atom. The maximum atomic E-state index is 2.34. The molecule has 0 saturated heterocycles. The smallest absolute Gasteiger partial charge is 0.0445 e. The molecule has 2 heterocycles. The van der Waals surface area contributed by atoms with Gasteiger partial charge in [-0.05, 0) is 41.3 Å². The molecule has 2 heteroatoms. The highest BCUT2D eigenvalue weighted by Gasteiger charge is 2.02. The monoisotopic (exact) mass is 222 g/mol. The number of hydrogen-bond acceptors (Lipinski definition) is 2. The molecule has 0 aliphatic rings. The summed E-state index contributed by atoms with van der Waals surface area (Å²) in [5.41, 5.74) is 1.50. The molecule has 0 aliphatic heterocycles. The molecule has 0 aromatic carbocycles. The van der Waals surface area contributed by atoms with E-state index in [-0.39, 0.29) is 0 Å². The minimum Gasteiger partial charge on any atom is -0.143 e. The molecule has 0 amide bonds. The van der Waals surface area contributed by atoms with Crippen LogP contribution >= 0.6 is 22.7 Å². The standard InChI is InChI=1S/C12H14S2/c1-2-3-5-10-8-12(14-9-10)11-6-4-7-13-11/h4,6-9H,2-3,5H2,1H3. The third-order valence-corrected chi connectivity index (χ3v) is 4.28. The Bertz CT molecular complexity index is 371. The van der Waals surface area contributed by atoms with Crippen molar-refractivity contribution in [2.45, 2.75) is 26.2 Å². The van der Waals surface area contributed by atoms with Crippen LogP contribution in [0.25, 0.3) is 9.75 Å². The second-order valence-electron chi connectivity index (χ2n) is 3.40. The van der Waals surface area contributed by atoms with Gasteiger partial charge in [0.25, 0.3) is 0 Å². The van der Waals surface area contributed by atoms with E-state index in [1.54, 1.807) is 0 Å². The molecule has 0 unspecified atom stereocenters. The van der Waals surface area contributed by atoms with E-state index in [0.29, 0.717) is 0 Å². The van der Waals surface area contributed by atoms with Crippen LogP contribution in [0.4, 0.5) is 0 Å². The Balaban J connectivity index is 2.10. The van der Waals surface area contributed by atoms with Crippen LogP contribution in [0.5, 0.6) is 0 Å². The van der Waals surface area contributed by atoms with Gasteiger partial charge in [-0.2, -0.15) is 0 Å². The first-order valence-electron chi connectivity index (χ1n) is 5.01. The molecular weight excluding hydrogens is 208 g/mol. The molecule has 0 atom stereocenters. The van der Waals surface area contributed by atoms with Crippen LogP contribution in [0, 0.1) is 0 Å². The first-order valence-corrected chi connectivity index (χ1v) is 6.77. The first-order chi connectivity index (χ1) is 6.90. The van der Waals surface area contributed by atoms with Crippen LogP contribution in [0.1, 0.15) is 25.3 Å². The van der Waals surface area contributed by atoms with Crippen molar-refractivity contribution in [2.75, 3.05) is 0 Å². The summed E-state index contributed by atoms with van der Waals surface area (Å²) in [4.78, 5) is 2.82. The molecule has 74 valence electrons. The second kappa shape index (κ2) is 4.76. The van der Waals surface area contributed by atoms with Crippen molar-refractivity contribution in [2.24, 2.45) is 0 Å². The van der Waals surface area contributed by atoms with Crippen LogP contribution in [0.2, 0.25) is 0 Å². The van der Waals surface area contributed by atoms with E-state index in [1.165, 1.54) is 34.6 Å². The van der Waals surface area contributed by atoms with Gasteiger partial charge in [-0.25, -0.2) is 0 Å². The summed E-state index contributed by atoms with van der Waals surface area (Å²) in [5, 5.41) is 4.44. The molecule has 0 fully saturated rings. The number of aryl methyl sites for hydroxylation is 1. The number of hydrogen-bond donors (Lipinski definition) is 0. The van der Waals surface area contributed by atoms with Gasteiger partial charge in [0.15, 0.2) is 0 Å². The number of unbranched alkanes of at least 4 members (excludes halogenated alkanes) is 1. The summed E-state index contributed by atoms with van der Waals surface area (Å²) >= 11 is 3.69. The van der Waals surface area contributed by atoms with Crippen LogP contribution in [0.15, 0.2) is 29.0 Å². The second-order valence-corrected chi connectivity index (χ2v) is 5.26. The lowest BCUT2D eigenvalue weighted by molar-refractivity contribution is 0.797. The molecule has 0 spiro atoms. The van der Waals surface area contributed by atoms with Crippen molar-refractivity contribution < 1.29 is 0 Å². The zero-order valence-corrected chi connectivity index (χ0v) is 9.96. The van der Waals surface area contributed by atoms with Crippen LogP contribution in [-0.2, 0) is 6.42 Å². The van der Waals surface area contributed by atoms with Crippen LogP contribution in [0.3, 0.4) is 0 Å². The summed E-state index contributed by atoms with van der Waals surface area (Å²) in [7, 11) is 0. The minimum atomic E-state index is 1.23. The topological polar surface area (TPSA) is 0 Å². The predicted molar refractivity (Wildman–Crippen MR) is 66.2 cm³/mol. The maximum absolute atomic E-state index is 2.34. The summed E-state index contributed by atoms with van der Waals surface area (Å²) < 4.78 is 0. The highest BCUT2D eigenvalue weighted by Crippen LogP contribution is 2.31. The van der Waals surface area contributed by atoms with Crippen molar-refractivity contribution in [3.05, 3.63) is 34.5 Å². The molecule has 0 aliphatic carbocycles. The Kier molecular flexibility index (Phi) is 3.38. The Morgan fingerprint density at radius 1 is 1.21 bits per heavy atom. The molecule has 0 N–H and O–H groups in total. The zero-order valence-electron chi connectivity index (χ0n) is 8.32. The van der Waals surface area contributed by atoms with Gasteiger partial charge in [0.05, 0.1) is 0 Å². The molecule has 0 saturated carbocycles. The molecule has 0 radical (unpaired) electrons. The minimum absolute atomic E-state index is 1.23. The van der Waals surface area contributed by atoms with E-state index in [0.717, 1.165) is 0 Å². The SMILES string of the molecule is CCCCc1csc(-c2cccs2)c1. The molecular formula is C12H14S2. The van der Waals surface area contributed by atoms with E-state index in [2.05, 4.69) is 35.9 Å². The largest absolute Gasteiger partial charge is 0.143 e. The Labute approximate surface area is 93.2 Å². The number of rotatable bonds is 4. The fourth-order valence-corrected chi connectivity index (χ4v) is 3.23. The Morgan fingerprint density at radius 3 is 2.86 bits per heavy atom. The summed E-state index contributed by atoms with van der Waals surface area (Å²) in [6, 6.07) is 6.65. The maximum Gasteiger partial charge on any atom is 0.0445 e. The van der Waals surface area contributed by atoms with E-state index >= 15 is 0 Å². The van der Waals surface area contributed by atoms with Crippen molar-refractivity contribution in [3.8, 4) is 9.75 Å². The third kappa shape index (κ3) is 2.25. The molecule has 14 heavy (non-hydrogen) atoms. The van der Waals surface area contributed by atoms with Crippen molar-refractivity contribution in [1.82, 2.24) is 0 Å². The molecule has 2 aromatic rings. The Hall–Kier alpha value is -0.600. The van der Waals surface area contributed by atoms with Crippen LogP contribution < -0.4 is 0 Å².